The number of anilines is 2. The van der Waals surface area contributed by atoms with Crippen LogP contribution in [-0.2, 0) is 10.0 Å². The third kappa shape index (κ3) is 7.90. The summed E-state index contributed by atoms with van der Waals surface area (Å²) in [4.78, 5) is 8.61. The number of aliphatic hydroxyl groups is 1. The highest BCUT2D eigenvalue weighted by Crippen LogP contribution is 2.36. The van der Waals surface area contributed by atoms with Crippen LogP contribution < -0.4 is 10.0 Å². The van der Waals surface area contributed by atoms with Crippen molar-refractivity contribution < 1.29 is 17.9 Å². The lowest BCUT2D eigenvalue weighted by molar-refractivity contribution is 0.259. The van der Waals surface area contributed by atoms with Gasteiger partial charge in [-0.25, -0.2) is 17.8 Å². The zero-order chi connectivity index (χ0) is 22.5. The molecule has 1 heterocycles. The third-order valence-corrected chi connectivity index (χ3v) is 5.87. The van der Waals surface area contributed by atoms with Crippen LogP contribution in [0.15, 0.2) is 29.3 Å². The van der Waals surface area contributed by atoms with Crippen molar-refractivity contribution in [2.75, 3.05) is 22.9 Å². The van der Waals surface area contributed by atoms with Gasteiger partial charge >= 0.3 is 0 Å². The van der Waals surface area contributed by atoms with Gasteiger partial charge in [0.05, 0.1) is 18.9 Å². The Balaban J connectivity index is 2.33. The molecular weight excluding hydrogens is 451 g/mol. The maximum atomic E-state index is 14.3. The van der Waals surface area contributed by atoms with E-state index in [1.54, 1.807) is 12.1 Å². The van der Waals surface area contributed by atoms with Gasteiger partial charge in [-0.05, 0) is 31.4 Å². The summed E-state index contributed by atoms with van der Waals surface area (Å²) in [5.74, 6) is 0.160. The molecule has 0 fully saturated rings. The number of sulfonamides is 1. The molecule has 2 aromatic rings. The van der Waals surface area contributed by atoms with E-state index < -0.39 is 15.8 Å². The number of rotatable bonds is 10. The Morgan fingerprint density at radius 1 is 1.23 bits per heavy atom. The van der Waals surface area contributed by atoms with Crippen LogP contribution in [0.3, 0.4) is 0 Å². The second-order valence-corrected chi connectivity index (χ2v) is 10.9. The van der Waals surface area contributed by atoms with Crippen molar-refractivity contribution in [3.05, 3.63) is 40.7 Å². The molecule has 0 bridgehead atoms. The van der Waals surface area contributed by atoms with E-state index in [1.165, 1.54) is 23.9 Å². The van der Waals surface area contributed by atoms with E-state index >= 15 is 0 Å². The van der Waals surface area contributed by atoms with Crippen LogP contribution in [0, 0.1) is 11.7 Å². The van der Waals surface area contributed by atoms with Gasteiger partial charge in [-0.2, -0.15) is 4.98 Å². The fourth-order valence-electron chi connectivity index (χ4n) is 2.80. The van der Waals surface area contributed by atoms with E-state index in [0.717, 1.165) is 6.26 Å². The fraction of sp³-hybridized carbons (Fsp3) is 0.474. The number of aliphatic hydroxyl groups excluding tert-OH is 1. The van der Waals surface area contributed by atoms with Gasteiger partial charge in [0.2, 0.25) is 16.0 Å². The Hall–Kier alpha value is -1.62. The van der Waals surface area contributed by atoms with E-state index in [2.05, 4.69) is 20.0 Å². The predicted octanol–water partition coefficient (Wildman–Crippen LogP) is 4.31. The van der Waals surface area contributed by atoms with Gasteiger partial charge in [-0.3, -0.25) is 4.72 Å². The molecule has 0 aliphatic carbocycles. The van der Waals surface area contributed by atoms with Gasteiger partial charge in [0, 0.05) is 21.9 Å². The van der Waals surface area contributed by atoms with Crippen LogP contribution in [0.25, 0.3) is 0 Å². The molecule has 0 amide bonds. The Labute approximate surface area is 185 Å². The van der Waals surface area contributed by atoms with E-state index in [1.807, 2.05) is 20.8 Å². The first-order chi connectivity index (χ1) is 14.0. The highest BCUT2D eigenvalue weighted by atomic mass is 35.5. The summed E-state index contributed by atoms with van der Waals surface area (Å²) >= 11 is 7.07. The summed E-state index contributed by atoms with van der Waals surface area (Å²) in [6, 6.07) is 5.66. The molecular formula is C19H26ClFN4O3S2. The van der Waals surface area contributed by atoms with Crippen LogP contribution in [0.4, 0.5) is 16.2 Å². The molecule has 1 aromatic heterocycles. The number of hydrogen-bond donors (Lipinski definition) is 3. The minimum absolute atomic E-state index is 0.0857. The molecule has 2 rings (SSSR count). The van der Waals surface area contributed by atoms with E-state index in [4.69, 9.17) is 11.6 Å². The number of nitrogens with one attached hydrogen (secondary N) is 2. The van der Waals surface area contributed by atoms with Crippen LogP contribution in [0.5, 0.6) is 0 Å². The molecule has 0 spiro atoms. The zero-order valence-electron chi connectivity index (χ0n) is 17.2. The molecule has 0 saturated heterocycles. The molecule has 1 aromatic carbocycles. The summed E-state index contributed by atoms with van der Waals surface area (Å²) < 4.78 is 39.9. The van der Waals surface area contributed by atoms with Crippen LogP contribution >= 0.6 is 23.4 Å². The number of halogens is 2. The summed E-state index contributed by atoms with van der Waals surface area (Å²) in [5, 5.41) is 13.1. The van der Waals surface area contributed by atoms with Gasteiger partial charge in [0.15, 0.2) is 0 Å². The van der Waals surface area contributed by atoms with E-state index in [0.29, 0.717) is 28.0 Å². The van der Waals surface area contributed by atoms with Gasteiger partial charge in [-0.15, -0.1) is 0 Å². The van der Waals surface area contributed by atoms with Crippen molar-refractivity contribution in [3.63, 3.8) is 0 Å². The number of hydrogen-bond acceptors (Lipinski definition) is 7. The van der Waals surface area contributed by atoms with Gasteiger partial charge in [-0.1, -0.05) is 43.3 Å². The van der Waals surface area contributed by atoms with Gasteiger partial charge < -0.3 is 10.4 Å². The molecule has 0 radical (unpaired) electrons. The molecule has 11 heteroatoms. The lowest BCUT2D eigenvalue weighted by atomic mass is 10.0. The molecule has 3 N–H and O–H groups in total. The predicted molar refractivity (Wildman–Crippen MR) is 120 cm³/mol. The largest absolute Gasteiger partial charge is 0.394 e. The summed E-state index contributed by atoms with van der Waals surface area (Å²) in [6.45, 7) is 5.73. The Bertz CT molecular complexity index is 976. The standard InChI is InChI=1S/C19H26ClFN4O3S2/c1-11(2)7-14(10-26)22-19-23-17(25-30(4,27)28)9-18(24-19)29-12(3)15-6-5-13(20)8-16(15)21/h5-6,8-9,11-12,14,26H,7,10H2,1-4H3,(H2,22,23,24,25)/t12-,14-/m1/s1. The monoisotopic (exact) mass is 476 g/mol. The smallest absolute Gasteiger partial charge is 0.230 e. The molecule has 166 valence electrons. The molecule has 2 atom stereocenters. The Morgan fingerprint density at radius 3 is 2.50 bits per heavy atom. The zero-order valence-corrected chi connectivity index (χ0v) is 19.6. The van der Waals surface area contributed by atoms with E-state index in [9.17, 15) is 17.9 Å². The quantitative estimate of drug-likeness (QED) is 0.346. The number of aromatic nitrogens is 2. The maximum Gasteiger partial charge on any atom is 0.230 e. The fourth-order valence-corrected chi connectivity index (χ4v) is 4.44. The average molecular weight is 477 g/mol. The number of thioether (sulfide) groups is 1. The SMILES string of the molecule is CC(C)C[C@H](CO)Nc1nc(NS(C)(=O)=O)cc(S[C@H](C)c2ccc(Cl)cc2F)n1. The number of nitrogens with zero attached hydrogens (tertiary/aromatic N) is 2. The maximum absolute atomic E-state index is 14.3. The minimum atomic E-state index is -3.56. The molecule has 0 saturated carbocycles. The van der Waals surface area contributed by atoms with Crippen LogP contribution in [0.1, 0.15) is 38.0 Å². The van der Waals surface area contributed by atoms with Crippen molar-refractivity contribution in [3.8, 4) is 0 Å². The van der Waals surface area contributed by atoms with Crippen molar-refractivity contribution >= 4 is 45.2 Å². The second-order valence-electron chi connectivity index (χ2n) is 7.37. The van der Waals surface area contributed by atoms with Gasteiger partial charge in [0.1, 0.15) is 16.7 Å². The topological polar surface area (TPSA) is 104 Å². The first kappa shape index (κ1) is 24.6. The first-order valence-electron chi connectivity index (χ1n) is 9.32. The van der Waals surface area contributed by atoms with Crippen molar-refractivity contribution in [2.45, 2.75) is 43.5 Å². The summed E-state index contributed by atoms with van der Waals surface area (Å²) in [7, 11) is -3.56. The third-order valence-electron chi connectivity index (χ3n) is 4.00. The molecule has 0 unspecified atom stereocenters. The molecule has 0 aliphatic heterocycles. The van der Waals surface area contributed by atoms with Crippen LogP contribution in [-0.4, -0.2) is 42.4 Å². The van der Waals surface area contributed by atoms with Crippen molar-refractivity contribution in [2.24, 2.45) is 5.92 Å². The van der Waals surface area contributed by atoms with E-state index in [-0.39, 0.29) is 29.7 Å². The Kier molecular flexibility index (Phi) is 8.72. The summed E-state index contributed by atoms with van der Waals surface area (Å²) in [5.41, 5.74) is 0.447. The summed E-state index contributed by atoms with van der Waals surface area (Å²) in [6.07, 6.45) is 1.70. The Morgan fingerprint density at radius 2 is 1.93 bits per heavy atom. The van der Waals surface area contributed by atoms with Crippen molar-refractivity contribution in [1.29, 1.82) is 0 Å². The minimum Gasteiger partial charge on any atom is -0.394 e. The lowest BCUT2D eigenvalue weighted by Gasteiger charge is -2.19. The number of benzene rings is 1. The van der Waals surface area contributed by atoms with Crippen LogP contribution in [0.2, 0.25) is 5.02 Å². The highest BCUT2D eigenvalue weighted by molar-refractivity contribution is 7.99. The first-order valence-corrected chi connectivity index (χ1v) is 12.5. The lowest BCUT2D eigenvalue weighted by Crippen LogP contribution is -2.27. The molecule has 7 nitrogen and oxygen atoms in total. The second kappa shape index (κ2) is 10.6. The van der Waals surface area contributed by atoms with Crippen molar-refractivity contribution in [1.82, 2.24) is 9.97 Å². The van der Waals surface area contributed by atoms with Gasteiger partial charge in [0.25, 0.3) is 0 Å². The molecule has 0 aliphatic rings. The highest BCUT2D eigenvalue weighted by Gasteiger charge is 2.18. The normalized spacial score (nSPS) is 13.9. The molecule has 30 heavy (non-hydrogen) atoms. The average Bonchev–Trinajstić information content (AvgIpc) is 2.58.